The summed E-state index contributed by atoms with van der Waals surface area (Å²) in [6, 6.07) is 10.9. The van der Waals surface area contributed by atoms with E-state index in [1.807, 2.05) is 17.8 Å². The van der Waals surface area contributed by atoms with Gasteiger partial charge in [0.2, 0.25) is 0 Å². The second kappa shape index (κ2) is 5.17. The Morgan fingerprint density at radius 3 is 2.60 bits per heavy atom. The van der Waals surface area contributed by atoms with E-state index in [1.165, 1.54) is 10.6 Å². The van der Waals surface area contributed by atoms with Crippen molar-refractivity contribution in [3.8, 4) is 0 Å². The van der Waals surface area contributed by atoms with Gasteiger partial charge >= 0.3 is 0 Å². The largest absolute Gasteiger partial charge is 0.273 e. The summed E-state index contributed by atoms with van der Waals surface area (Å²) in [5, 5.41) is 2.83. The molecule has 0 aromatic heterocycles. The zero-order valence-corrected chi connectivity index (χ0v) is 11.1. The van der Waals surface area contributed by atoms with Crippen LogP contribution in [-0.4, -0.2) is 21.7 Å². The van der Waals surface area contributed by atoms with Gasteiger partial charge in [-0.25, -0.2) is 0 Å². The Bertz CT molecular complexity index is 350. The van der Waals surface area contributed by atoms with Crippen molar-refractivity contribution in [2.45, 2.75) is 24.6 Å². The van der Waals surface area contributed by atoms with Crippen molar-refractivity contribution < 1.29 is 0 Å². The molecule has 0 unspecified atom stereocenters. The smallest absolute Gasteiger partial charge is 0.0984 e. The zero-order valence-electron chi connectivity index (χ0n) is 8.69. The molecule has 2 atom stereocenters. The van der Waals surface area contributed by atoms with E-state index in [1.54, 1.807) is 0 Å². The second-order valence-corrected chi connectivity index (χ2v) is 5.46. The van der Waals surface area contributed by atoms with Crippen LogP contribution < -0.4 is 0 Å². The number of hydrogen-bond donors (Lipinski definition) is 0. The average molecular weight is 284 g/mol. The molecule has 0 spiro atoms. The van der Waals surface area contributed by atoms with Crippen molar-refractivity contribution in [1.82, 2.24) is 0 Å². The van der Waals surface area contributed by atoms with Crippen LogP contribution in [0.25, 0.3) is 0 Å². The first-order valence-electron chi connectivity index (χ1n) is 5.21. The molecule has 0 N–H and O–H groups in total. The molecule has 0 radical (unpaired) electrons. The van der Waals surface area contributed by atoms with Gasteiger partial charge in [-0.2, -0.15) is 0 Å². The summed E-state index contributed by atoms with van der Waals surface area (Å²) >= 11 is 5.46. The van der Waals surface area contributed by atoms with E-state index in [4.69, 9.17) is 4.99 Å². The van der Waals surface area contributed by atoms with Gasteiger partial charge in [0, 0.05) is 16.1 Å². The molecule has 1 nitrogen and oxygen atoms in total. The van der Waals surface area contributed by atoms with E-state index >= 15 is 0 Å². The molecule has 15 heavy (non-hydrogen) atoms. The summed E-state index contributed by atoms with van der Waals surface area (Å²) in [7, 11) is 0. The minimum absolute atomic E-state index is 0.476. The van der Waals surface area contributed by atoms with Crippen LogP contribution in [0.1, 0.15) is 18.9 Å². The molecule has 0 aliphatic carbocycles. The van der Waals surface area contributed by atoms with Crippen LogP contribution in [0.5, 0.6) is 0 Å². The van der Waals surface area contributed by atoms with E-state index < -0.39 is 0 Å². The van der Waals surface area contributed by atoms with Gasteiger partial charge in [0.05, 0.1) is 11.1 Å². The van der Waals surface area contributed by atoms with Crippen molar-refractivity contribution in [2.75, 3.05) is 5.33 Å². The van der Waals surface area contributed by atoms with E-state index in [-0.39, 0.29) is 0 Å². The molecule has 0 fully saturated rings. The molecule has 2 rings (SSSR count). The molecule has 0 saturated heterocycles. The normalized spacial score (nSPS) is 25.3. The Hall–Kier alpha value is -0.280. The number of alkyl halides is 1. The standard InChI is InChI=1S/C12H14BrNS/c1-2-10-11(8-13)15-12(14-10)9-6-4-3-5-7-9/h3-7,10-11H,2,8H2,1H3/t10-,11-/m0/s1. The minimum atomic E-state index is 0.476. The lowest BCUT2D eigenvalue weighted by Gasteiger charge is -2.10. The van der Waals surface area contributed by atoms with Crippen molar-refractivity contribution >= 4 is 32.7 Å². The molecule has 3 heteroatoms. The molecule has 80 valence electrons. The van der Waals surface area contributed by atoms with Gasteiger partial charge in [-0.3, -0.25) is 4.99 Å². The monoisotopic (exact) mass is 283 g/mol. The first-order valence-corrected chi connectivity index (χ1v) is 7.21. The Morgan fingerprint density at radius 1 is 1.33 bits per heavy atom. The summed E-state index contributed by atoms with van der Waals surface area (Å²) in [5.74, 6) is 0. The zero-order chi connectivity index (χ0) is 10.7. The molecule has 1 aromatic rings. The maximum atomic E-state index is 4.78. The van der Waals surface area contributed by atoms with Gasteiger partial charge < -0.3 is 0 Å². The van der Waals surface area contributed by atoms with Crippen LogP contribution in [0.3, 0.4) is 0 Å². The Labute approximate surface area is 104 Å². The predicted octanol–water partition coefficient (Wildman–Crippen LogP) is 3.72. The number of benzene rings is 1. The van der Waals surface area contributed by atoms with Crippen LogP contribution in [0.15, 0.2) is 35.3 Å². The first kappa shape index (κ1) is 11.2. The molecule has 0 saturated carbocycles. The van der Waals surface area contributed by atoms with Gasteiger partial charge in [-0.1, -0.05) is 64.9 Å². The number of hydrogen-bond acceptors (Lipinski definition) is 2. The van der Waals surface area contributed by atoms with Gasteiger partial charge in [0.15, 0.2) is 0 Å². The Kier molecular flexibility index (Phi) is 3.87. The van der Waals surface area contributed by atoms with Crippen LogP contribution in [0, 0.1) is 0 Å². The highest BCUT2D eigenvalue weighted by Gasteiger charge is 2.28. The summed E-state index contributed by atoms with van der Waals surface area (Å²) in [4.78, 5) is 4.78. The van der Waals surface area contributed by atoms with E-state index in [2.05, 4.69) is 47.1 Å². The van der Waals surface area contributed by atoms with E-state index in [0.717, 1.165) is 11.8 Å². The molecule has 1 aliphatic heterocycles. The van der Waals surface area contributed by atoms with Crippen LogP contribution in [0.4, 0.5) is 0 Å². The highest BCUT2D eigenvalue weighted by atomic mass is 79.9. The molecule has 1 heterocycles. The molecule has 0 amide bonds. The van der Waals surface area contributed by atoms with Gasteiger partial charge in [-0.05, 0) is 6.42 Å². The third kappa shape index (κ3) is 2.45. The molecule has 1 aliphatic rings. The number of aliphatic imine (C=N–C) groups is 1. The van der Waals surface area contributed by atoms with E-state index in [9.17, 15) is 0 Å². The van der Waals surface area contributed by atoms with Gasteiger partial charge in [0.1, 0.15) is 0 Å². The summed E-state index contributed by atoms with van der Waals surface area (Å²) in [6.45, 7) is 2.21. The second-order valence-electron chi connectivity index (χ2n) is 3.59. The maximum absolute atomic E-state index is 4.78. The third-order valence-corrected chi connectivity index (χ3v) is 5.04. The number of rotatable bonds is 3. The van der Waals surface area contributed by atoms with Crippen LogP contribution in [-0.2, 0) is 0 Å². The fourth-order valence-electron chi connectivity index (χ4n) is 1.70. The SMILES string of the molecule is CC[C@@H]1N=C(c2ccccc2)S[C@H]1CBr. The highest BCUT2D eigenvalue weighted by molar-refractivity contribution is 9.09. The van der Waals surface area contributed by atoms with Crippen molar-refractivity contribution in [2.24, 2.45) is 4.99 Å². The number of thioether (sulfide) groups is 1. The molecular formula is C12H14BrNS. The molecule has 0 bridgehead atoms. The molecular weight excluding hydrogens is 270 g/mol. The van der Waals surface area contributed by atoms with Crippen LogP contribution in [0.2, 0.25) is 0 Å². The fourth-order valence-corrected chi connectivity index (χ4v) is 3.75. The lowest BCUT2D eigenvalue weighted by atomic mass is 10.2. The average Bonchev–Trinajstić information content (AvgIpc) is 2.73. The minimum Gasteiger partial charge on any atom is -0.273 e. The number of halogens is 1. The van der Waals surface area contributed by atoms with Crippen LogP contribution >= 0.6 is 27.7 Å². The third-order valence-electron chi connectivity index (χ3n) is 2.57. The summed E-state index contributed by atoms with van der Waals surface area (Å²) < 4.78 is 0. The van der Waals surface area contributed by atoms with Gasteiger partial charge in [0.25, 0.3) is 0 Å². The van der Waals surface area contributed by atoms with Crippen molar-refractivity contribution in [1.29, 1.82) is 0 Å². The summed E-state index contributed by atoms with van der Waals surface area (Å²) in [6.07, 6.45) is 1.12. The quantitative estimate of drug-likeness (QED) is 0.770. The topological polar surface area (TPSA) is 12.4 Å². The Balaban J connectivity index is 2.19. The molecule has 1 aromatic carbocycles. The predicted molar refractivity (Wildman–Crippen MR) is 72.2 cm³/mol. The first-order chi connectivity index (χ1) is 7.35. The lowest BCUT2D eigenvalue weighted by molar-refractivity contribution is 0.663. The lowest BCUT2D eigenvalue weighted by Crippen LogP contribution is -2.17. The van der Waals surface area contributed by atoms with Crippen molar-refractivity contribution in [3.63, 3.8) is 0 Å². The Morgan fingerprint density at radius 2 is 2.07 bits per heavy atom. The fraction of sp³-hybridized carbons (Fsp3) is 0.417. The summed E-state index contributed by atoms with van der Waals surface area (Å²) in [5.41, 5.74) is 1.25. The maximum Gasteiger partial charge on any atom is 0.0984 e. The van der Waals surface area contributed by atoms with E-state index in [0.29, 0.717) is 11.3 Å². The highest BCUT2D eigenvalue weighted by Crippen LogP contribution is 2.32. The van der Waals surface area contributed by atoms with Gasteiger partial charge in [-0.15, -0.1) is 0 Å². The number of nitrogens with zero attached hydrogens (tertiary/aromatic N) is 1. The van der Waals surface area contributed by atoms with Crippen molar-refractivity contribution in [3.05, 3.63) is 35.9 Å².